The van der Waals surface area contributed by atoms with Crippen LogP contribution in [0.25, 0.3) is 16.9 Å². The molecule has 2 aromatic heterocycles. The summed E-state index contributed by atoms with van der Waals surface area (Å²) in [5.41, 5.74) is 1.89. The van der Waals surface area contributed by atoms with Crippen molar-refractivity contribution in [1.29, 1.82) is 0 Å². The zero-order chi connectivity index (χ0) is 15.0. The molecule has 3 aromatic rings. The van der Waals surface area contributed by atoms with E-state index in [9.17, 15) is 9.59 Å². The summed E-state index contributed by atoms with van der Waals surface area (Å²) in [6.45, 7) is 0. The first kappa shape index (κ1) is 12.9. The highest BCUT2D eigenvalue weighted by molar-refractivity contribution is 5.87. The summed E-state index contributed by atoms with van der Waals surface area (Å²) in [5.74, 6) is -1.07. The number of aromatic amines is 1. The van der Waals surface area contributed by atoms with Gasteiger partial charge in [0.05, 0.1) is 11.4 Å². The molecule has 0 radical (unpaired) electrons. The molecule has 0 aliphatic carbocycles. The first-order valence-corrected chi connectivity index (χ1v) is 6.20. The highest BCUT2D eigenvalue weighted by atomic mass is 16.4. The predicted molar refractivity (Wildman–Crippen MR) is 75.6 cm³/mol. The smallest absolute Gasteiger partial charge is 0.356 e. The maximum Gasteiger partial charge on any atom is 0.356 e. The molecule has 2 N–H and O–H groups in total. The van der Waals surface area contributed by atoms with E-state index in [0.717, 1.165) is 5.56 Å². The Hall–Kier alpha value is -3.09. The van der Waals surface area contributed by atoms with Gasteiger partial charge in [-0.05, 0) is 18.2 Å². The Morgan fingerprint density at radius 3 is 2.76 bits per heavy atom. The molecule has 7 nitrogen and oxygen atoms in total. The molecule has 0 saturated carbocycles. The van der Waals surface area contributed by atoms with Gasteiger partial charge in [0.25, 0.3) is 0 Å². The fourth-order valence-electron chi connectivity index (χ4n) is 2.18. The molecule has 21 heavy (non-hydrogen) atoms. The summed E-state index contributed by atoms with van der Waals surface area (Å²) in [6, 6.07) is 8.74. The number of carboxylic acids is 1. The molecule has 3 rings (SSSR count). The van der Waals surface area contributed by atoms with Crippen LogP contribution in [0.1, 0.15) is 10.5 Å². The number of aryl methyl sites for hydroxylation is 1. The molecule has 106 valence electrons. The van der Waals surface area contributed by atoms with Crippen LogP contribution < -0.4 is 5.69 Å². The minimum absolute atomic E-state index is 0.0169. The second-order valence-corrected chi connectivity index (χ2v) is 4.53. The van der Waals surface area contributed by atoms with E-state index in [1.165, 1.54) is 15.3 Å². The van der Waals surface area contributed by atoms with Crippen molar-refractivity contribution < 1.29 is 9.90 Å². The number of carbonyl (C=O) groups is 1. The second kappa shape index (κ2) is 4.78. The van der Waals surface area contributed by atoms with Crippen molar-refractivity contribution in [3.8, 4) is 16.9 Å². The summed E-state index contributed by atoms with van der Waals surface area (Å²) >= 11 is 0. The van der Waals surface area contributed by atoms with Gasteiger partial charge in [0, 0.05) is 25.0 Å². The number of imidazole rings is 1. The van der Waals surface area contributed by atoms with Crippen LogP contribution in [0.15, 0.2) is 47.5 Å². The van der Waals surface area contributed by atoms with E-state index >= 15 is 0 Å². The van der Waals surface area contributed by atoms with E-state index in [0.29, 0.717) is 11.4 Å². The van der Waals surface area contributed by atoms with Gasteiger partial charge in [-0.2, -0.15) is 5.10 Å². The van der Waals surface area contributed by atoms with E-state index < -0.39 is 5.97 Å². The Morgan fingerprint density at radius 2 is 2.14 bits per heavy atom. The van der Waals surface area contributed by atoms with Gasteiger partial charge >= 0.3 is 11.7 Å². The number of nitrogens with one attached hydrogen (secondary N) is 1. The molecule has 0 saturated heterocycles. The largest absolute Gasteiger partial charge is 0.476 e. The molecule has 0 bridgehead atoms. The third-order valence-electron chi connectivity index (χ3n) is 3.17. The van der Waals surface area contributed by atoms with Crippen molar-refractivity contribution in [2.24, 2.45) is 7.05 Å². The Morgan fingerprint density at radius 1 is 1.33 bits per heavy atom. The lowest BCUT2D eigenvalue weighted by molar-refractivity contribution is 0.0689. The Bertz CT molecular complexity index is 872. The molecular weight excluding hydrogens is 272 g/mol. The normalized spacial score (nSPS) is 10.7. The van der Waals surface area contributed by atoms with Crippen molar-refractivity contribution in [2.45, 2.75) is 0 Å². The van der Waals surface area contributed by atoms with Gasteiger partial charge in [-0.15, -0.1) is 0 Å². The molecular formula is C14H12N4O3. The van der Waals surface area contributed by atoms with Crippen LogP contribution in [-0.4, -0.2) is 30.4 Å². The highest BCUT2D eigenvalue weighted by Gasteiger charge is 2.13. The van der Waals surface area contributed by atoms with E-state index in [-0.39, 0.29) is 11.4 Å². The number of aromatic nitrogens is 4. The first-order chi connectivity index (χ1) is 10.1. The van der Waals surface area contributed by atoms with Crippen molar-refractivity contribution in [1.82, 2.24) is 19.3 Å². The highest BCUT2D eigenvalue weighted by Crippen LogP contribution is 2.22. The zero-order valence-electron chi connectivity index (χ0n) is 11.1. The van der Waals surface area contributed by atoms with Crippen LogP contribution in [0.5, 0.6) is 0 Å². The average Bonchev–Trinajstić information content (AvgIpc) is 3.05. The summed E-state index contributed by atoms with van der Waals surface area (Å²) < 4.78 is 2.97. The van der Waals surface area contributed by atoms with E-state index in [4.69, 9.17) is 5.11 Å². The molecule has 0 spiro atoms. The van der Waals surface area contributed by atoms with Crippen LogP contribution in [0.2, 0.25) is 0 Å². The molecule has 7 heteroatoms. The maximum atomic E-state index is 11.6. The minimum Gasteiger partial charge on any atom is -0.476 e. The zero-order valence-corrected chi connectivity index (χ0v) is 11.1. The van der Waals surface area contributed by atoms with Gasteiger partial charge in [-0.1, -0.05) is 12.1 Å². The fraction of sp³-hybridized carbons (Fsp3) is 0.0714. The topological polar surface area (TPSA) is 92.9 Å². The molecule has 0 atom stereocenters. The summed E-state index contributed by atoms with van der Waals surface area (Å²) in [7, 11) is 1.68. The third kappa shape index (κ3) is 2.25. The van der Waals surface area contributed by atoms with E-state index in [1.807, 2.05) is 6.07 Å². The standard InChI is InChI=1S/C14H12N4O3/c1-17-12(8-11(16-17)13(19)20)9-3-2-4-10(7-9)18-6-5-15-14(18)21/h2-8H,1H3,(H,15,21)(H,19,20). The van der Waals surface area contributed by atoms with Crippen molar-refractivity contribution >= 4 is 5.97 Å². The average molecular weight is 284 g/mol. The Labute approximate surface area is 119 Å². The number of hydrogen-bond acceptors (Lipinski definition) is 3. The van der Waals surface area contributed by atoms with Gasteiger partial charge in [0.2, 0.25) is 0 Å². The lowest BCUT2D eigenvalue weighted by atomic mass is 10.1. The van der Waals surface area contributed by atoms with Gasteiger partial charge in [0.15, 0.2) is 5.69 Å². The molecule has 0 aliphatic heterocycles. The van der Waals surface area contributed by atoms with Crippen molar-refractivity contribution in [3.63, 3.8) is 0 Å². The van der Waals surface area contributed by atoms with E-state index in [1.54, 1.807) is 37.6 Å². The molecule has 0 fully saturated rings. The molecule has 2 heterocycles. The van der Waals surface area contributed by atoms with Crippen LogP contribution >= 0.6 is 0 Å². The van der Waals surface area contributed by atoms with Crippen LogP contribution in [0, 0.1) is 0 Å². The number of rotatable bonds is 3. The molecule has 0 aliphatic rings. The predicted octanol–water partition coefficient (Wildman–Crippen LogP) is 1.26. The Balaban J connectivity index is 2.10. The van der Waals surface area contributed by atoms with Crippen molar-refractivity contribution in [3.05, 3.63) is 58.9 Å². The van der Waals surface area contributed by atoms with Gasteiger partial charge in [0.1, 0.15) is 0 Å². The SMILES string of the molecule is Cn1nc(C(=O)O)cc1-c1cccc(-n2cc[nH]c2=O)c1. The van der Waals surface area contributed by atoms with Crippen molar-refractivity contribution in [2.75, 3.05) is 0 Å². The lowest BCUT2D eigenvalue weighted by Crippen LogP contribution is -2.13. The lowest BCUT2D eigenvalue weighted by Gasteiger charge is -2.05. The number of H-pyrrole nitrogens is 1. The number of carboxylic acid groups (broad SMARTS) is 1. The number of benzene rings is 1. The van der Waals surface area contributed by atoms with Crippen LogP contribution in [-0.2, 0) is 7.05 Å². The van der Waals surface area contributed by atoms with Gasteiger partial charge < -0.3 is 10.1 Å². The molecule has 1 aromatic carbocycles. The molecule has 0 unspecified atom stereocenters. The quantitative estimate of drug-likeness (QED) is 0.757. The number of nitrogens with zero attached hydrogens (tertiary/aromatic N) is 3. The summed E-state index contributed by atoms with van der Waals surface area (Å²) in [4.78, 5) is 25.2. The van der Waals surface area contributed by atoms with Gasteiger partial charge in [-0.25, -0.2) is 9.59 Å². The third-order valence-corrected chi connectivity index (χ3v) is 3.17. The fourth-order valence-corrected chi connectivity index (χ4v) is 2.18. The summed E-state index contributed by atoms with van der Waals surface area (Å²) in [6.07, 6.45) is 3.19. The summed E-state index contributed by atoms with van der Waals surface area (Å²) in [5, 5.41) is 12.9. The van der Waals surface area contributed by atoms with Gasteiger partial charge in [-0.3, -0.25) is 9.25 Å². The van der Waals surface area contributed by atoms with Crippen LogP contribution in [0.4, 0.5) is 0 Å². The monoisotopic (exact) mass is 284 g/mol. The Kier molecular flexibility index (Phi) is 2.94. The maximum absolute atomic E-state index is 11.6. The number of hydrogen-bond donors (Lipinski definition) is 2. The minimum atomic E-state index is -1.07. The number of aromatic carboxylic acids is 1. The second-order valence-electron chi connectivity index (χ2n) is 4.53. The van der Waals surface area contributed by atoms with Crippen LogP contribution in [0.3, 0.4) is 0 Å². The van der Waals surface area contributed by atoms with E-state index in [2.05, 4.69) is 10.1 Å². The molecule has 0 amide bonds. The first-order valence-electron chi connectivity index (χ1n) is 6.20.